The van der Waals surface area contributed by atoms with E-state index in [2.05, 4.69) is 0 Å². The van der Waals surface area contributed by atoms with Crippen LogP contribution in [-0.4, -0.2) is 19.1 Å². The van der Waals surface area contributed by atoms with E-state index in [1.165, 1.54) is 18.2 Å². The fraction of sp³-hybridized carbons (Fsp3) is 0.375. The summed E-state index contributed by atoms with van der Waals surface area (Å²) in [6.45, 7) is 0. The summed E-state index contributed by atoms with van der Waals surface area (Å²) in [6, 6.07) is 4.65. The third-order valence-electron chi connectivity index (χ3n) is 4.32. The fourth-order valence-corrected chi connectivity index (χ4v) is 4.99. The van der Waals surface area contributed by atoms with Crippen LogP contribution in [0.1, 0.15) is 29.3 Å². The molecule has 2 heterocycles. The Kier molecular flexibility index (Phi) is 4.87. The Bertz CT molecular complexity index is 1010. The van der Waals surface area contributed by atoms with Crippen LogP contribution in [0.25, 0.3) is 5.69 Å². The molecule has 0 spiro atoms. The van der Waals surface area contributed by atoms with Crippen LogP contribution < -0.4 is 11.2 Å². The van der Waals surface area contributed by atoms with Crippen LogP contribution in [0.4, 0.5) is 13.2 Å². The van der Waals surface area contributed by atoms with Crippen molar-refractivity contribution in [1.29, 1.82) is 0 Å². The van der Waals surface area contributed by atoms with Gasteiger partial charge in [-0.3, -0.25) is 13.6 Å². The molecule has 0 aliphatic carbocycles. The molecule has 2 aromatic rings. The highest BCUT2D eigenvalue weighted by atomic mass is 35.5. The van der Waals surface area contributed by atoms with Crippen molar-refractivity contribution in [2.75, 3.05) is 5.75 Å². The predicted molar refractivity (Wildman–Crippen MR) is 92.3 cm³/mol. The number of benzene rings is 1. The molecular formula is C16H14ClF3N2O3S. The number of hydrogen-bond acceptors (Lipinski definition) is 3. The van der Waals surface area contributed by atoms with Gasteiger partial charge in [-0.1, -0.05) is 11.6 Å². The van der Waals surface area contributed by atoms with E-state index in [4.69, 9.17) is 11.6 Å². The molecule has 5 nitrogen and oxygen atoms in total. The highest BCUT2D eigenvalue weighted by Crippen LogP contribution is 2.36. The van der Waals surface area contributed by atoms with Crippen LogP contribution in [0.3, 0.4) is 0 Å². The van der Waals surface area contributed by atoms with Gasteiger partial charge >= 0.3 is 11.9 Å². The molecule has 1 aliphatic heterocycles. The Balaban J connectivity index is 2.19. The van der Waals surface area contributed by atoms with Crippen molar-refractivity contribution in [2.24, 2.45) is 7.05 Å². The molecule has 1 aromatic heterocycles. The molecule has 0 radical (unpaired) electrons. The van der Waals surface area contributed by atoms with E-state index in [1.807, 2.05) is 0 Å². The average molecular weight is 407 g/mol. The van der Waals surface area contributed by atoms with Crippen molar-refractivity contribution < 1.29 is 17.4 Å². The lowest BCUT2D eigenvalue weighted by molar-refractivity contribution is -0.144. The first kappa shape index (κ1) is 18.9. The topological polar surface area (TPSA) is 61.1 Å². The maximum absolute atomic E-state index is 12.9. The van der Waals surface area contributed by atoms with Crippen molar-refractivity contribution >= 4 is 22.4 Å². The Labute approximate surface area is 153 Å². The van der Waals surface area contributed by atoms with Gasteiger partial charge in [-0.15, -0.1) is 0 Å². The number of halogens is 4. The SMILES string of the molecule is Cn1c(C(F)(F)F)cc(=O)n(-c2ccc(Cl)c(C3CCCS3=O)c2)c1=O. The van der Waals surface area contributed by atoms with Gasteiger partial charge < -0.3 is 0 Å². The van der Waals surface area contributed by atoms with Gasteiger partial charge in [0.1, 0.15) is 5.69 Å². The van der Waals surface area contributed by atoms with E-state index in [0.29, 0.717) is 38.0 Å². The lowest BCUT2D eigenvalue weighted by Crippen LogP contribution is -2.40. The van der Waals surface area contributed by atoms with Gasteiger partial charge in [0.15, 0.2) is 0 Å². The smallest absolute Gasteiger partial charge is 0.292 e. The largest absolute Gasteiger partial charge is 0.431 e. The van der Waals surface area contributed by atoms with Crippen molar-refractivity contribution in [3.8, 4) is 5.69 Å². The van der Waals surface area contributed by atoms with Crippen LogP contribution >= 0.6 is 11.6 Å². The standard InChI is InChI=1S/C16H14ClF3N2O3S/c1-21-13(16(18,19)20)8-14(23)22(15(21)24)9-4-5-11(17)10(7-9)12-3-2-6-26(12)25/h4-5,7-8,12H,2-3,6H2,1H3. The molecule has 2 unspecified atom stereocenters. The number of aromatic nitrogens is 2. The molecule has 10 heteroatoms. The molecule has 1 aromatic carbocycles. The molecule has 3 rings (SSSR count). The van der Waals surface area contributed by atoms with Gasteiger partial charge in [-0.25, -0.2) is 9.36 Å². The first-order valence-corrected chi connectivity index (χ1v) is 9.44. The Hall–Kier alpha value is -1.87. The lowest BCUT2D eigenvalue weighted by Gasteiger charge is -2.16. The third-order valence-corrected chi connectivity index (χ3v) is 6.48. The summed E-state index contributed by atoms with van der Waals surface area (Å²) >= 11 is 6.17. The molecule has 1 saturated heterocycles. The van der Waals surface area contributed by atoms with Crippen LogP contribution in [0.2, 0.25) is 5.02 Å². The zero-order valence-electron chi connectivity index (χ0n) is 13.5. The van der Waals surface area contributed by atoms with E-state index < -0.39 is 33.9 Å². The second kappa shape index (κ2) is 6.70. The lowest BCUT2D eigenvalue weighted by atomic mass is 10.1. The molecule has 140 valence electrons. The Morgan fingerprint density at radius 3 is 2.50 bits per heavy atom. The number of rotatable bonds is 2. The number of alkyl halides is 3. The molecule has 26 heavy (non-hydrogen) atoms. The quantitative estimate of drug-likeness (QED) is 0.770. The van der Waals surface area contributed by atoms with Gasteiger partial charge in [0.2, 0.25) is 0 Å². The van der Waals surface area contributed by atoms with Gasteiger partial charge in [-0.2, -0.15) is 13.2 Å². The summed E-state index contributed by atoms with van der Waals surface area (Å²) in [5.41, 5.74) is -2.93. The molecule has 0 bridgehead atoms. The first-order valence-electron chi connectivity index (χ1n) is 7.68. The monoisotopic (exact) mass is 406 g/mol. The minimum atomic E-state index is -4.82. The van der Waals surface area contributed by atoms with E-state index in [1.54, 1.807) is 0 Å². The summed E-state index contributed by atoms with van der Waals surface area (Å²) in [7, 11) is -0.173. The van der Waals surface area contributed by atoms with Crippen molar-refractivity contribution in [3.05, 3.63) is 61.4 Å². The average Bonchev–Trinajstić information content (AvgIpc) is 2.97. The van der Waals surface area contributed by atoms with Crippen molar-refractivity contribution in [2.45, 2.75) is 24.3 Å². The summed E-state index contributed by atoms with van der Waals surface area (Å²) in [6.07, 6.45) is -3.41. The van der Waals surface area contributed by atoms with E-state index >= 15 is 0 Å². The zero-order valence-corrected chi connectivity index (χ0v) is 15.1. The normalized spacial score (nSPS) is 20.5. The molecule has 0 saturated carbocycles. The molecule has 0 N–H and O–H groups in total. The zero-order chi connectivity index (χ0) is 19.2. The van der Waals surface area contributed by atoms with Gasteiger partial charge in [-0.05, 0) is 36.6 Å². The molecule has 2 atom stereocenters. The van der Waals surface area contributed by atoms with E-state index in [-0.39, 0.29) is 10.9 Å². The second-order valence-corrected chi connectivity index (χ2v) is 8.11. The maximum Gasteiger partial charge on any atom is 0.431 e. The summed E-state index contributed by atoms with van der Waals surface area (Å²) in [4.78, 5) is 24.6. The summed E-state index contributed by atoms with van der Waals surface area (Å²) in [5, 5.41) is 0.0160. The molecule has 0 amide bonds. The number of nitrogens with zero attached hydrogens (tertiary/aromatic N) is 2. The maximum atomic E-state index is 12.9. The Morgan fingerprint density at radius 1 is 1.23 bits per heavy atom. The van der Waals surface area contributed by atoms with Gasteiger partial charge in [0.05, 0.1) is 10.9 Å². The highest BCUT2D eigenvalue weighted by molar-refractivity contribution is 7.85. The van der Waals surface area contributed by atoms with Crippen molar-refractivity contribution in [1.82, 2.24) is 9.13 Å². The second-order valence-electron chi connectivity index (χ2n) is 5.96. The van der Waals surface area contributed by atoms with E-state index in [9.17, 15) is 27.0 Å². The summed E-state index contributed by atoms with van der Waals surface area (Å²) in [5.74, 6) is 0.535. The first-order chi connectivity index (χ1) is 12.1. The summed E-state index contributed by atoms with van der Waals surface area (Å²) < 4.78 is 52.0. The minimum Gasteiger partial charge on any atom is -0.292 e. The predicted octanol–water partition coefficient (Wildman–Crippen LogP) is 2.79. The van der Waals surface area contributed by atoms with E-state index in [0.717, 1.165) is 13.5 Å². The third kappa shape index (κ3) is 3.25. The van der Waals surface area contributed by atoms with Crippen LogP contribution in [0, 0.1) is 0 Å². The Morgan fingerprint density at radius 2 is 1.92 bits per heavy atom. The highest BCUT2D eigenvalue weighted by Gasteiger charge is 2.35. The van der Waals surface area contributed by atoms with Crippen LogP contribution in [-0.2, 0) is 24.0 Å². The molecule has 1 fully saturated rings. The molecular weight excluding hydrogens is 393 g/mol. The molecule has 1 aliphatic rings. The van der Waals surface area contributed by atoms with Crippen LogP contribution in [0.15, 0.2) is 33.9 Å². The minimum absolute atomic E-state index is 0.0904. The van der Waals surface area contributed by atoms with Gasteiger partial charge in [0.25, 0.3) is 5.56 Å². The fourth-order valence-electron chi connectivity index (χ4n) is 3.03. The van der Waals surface area contributed by atoms with Crippen LogP contribution in [0.5, 0.6) is 0 Å². The van der Waals surface area contributed by atoms with Crippen molar-refractivity contribution in [3.63, 3.8) is 0 Å². The van der Waals surface area contributed by atoms with Gasteiger partial charge in [0, 0.05) is 34.7 Å². The number of hydrogen-bond donors (Lipinski definition) is 0.